The fourth-order valence-electron chi connectivity index (χ4n) is 9.05. The highest BCUT2D eigenvalue weighted by Gasteiger charge is 2.48. The first-order chi connectivity index (χ1) is 27.8. The molecular weight excluding hydrogens is 762 g/mol. The molecule has 14 heteroatoms. The lowest BCUT2D eigenvalue weighted by Gasteiger charge is -2.38. The lowest BCUT2D eigenvalue weighted by molar-refractivity contribution is -0.208. The van der Waals surface area contributed by atoms with E-state index >= 15 is 0 Å². The lowest BCUT2D eigenvalue weighted by atomic mass is 9.83. The molecule has 0 spiro atoms. The molecule has 4 N–H and O–H groups in total. The number of nitrogens with zero attached hydrogens (tertiary/aromatic N) is 1. The molecule has 1 aliphatic carbocycles. The van der Waals surface area contributed by atoms with Crippen molar-refractivity contribution in [1.29, 1.82) is 0 Å². The van der Waals surface area contributed by atoms with Gasteiger partial charge in [-0.2, -0.15) is 0 Å². The molecule has 11 unspecified atom stereocenters. The molecule has 59 heavy (non-hydrogen) atoms. The van der Waals surface area contributed by atoms with Crippen LogP contribution in [-0.4, -0.2) is 125 Å². The Labute approximate surface area is 350 Å². The zero-order valence-corrected chi connectivity index (χ0v) is 36.5. The van der Waals surface area contributed by atoms with Gasteiger partial charge in [0, 0.05) is 52.2 Å². The molecule has 0 aromatic rings. The van der Waals surface area contributed by atoms with Crippen molar-refractivity contribution >= 4 is 29.4 Å². The summed E-state index contributed by atoms with van der Waals surface area (Å²) >= 11 is 0. The normalized spacial score (nSPS) is 34.6. The molecule has 14 nitrogen and oxygen atoms in total. The first-order valence-electron chi connectivity index (χ1n) is 21.4. The van der Waals surface area contributed by atoms with Crippen molar-refractivity contribution in [3.05, 3.63) is 35.5 Å². The van der Waals surface area contributed by atoms with Crippen LogP contribution >= 0.6 is 0 Å². The van der Waals surface area contributed by atoms with Crippen molar-refractivity contribution < 1.29 is 63.3 Å². The number of amides is 1. The largest absolute Gasteiger partial charge is 0.478 e. The van der Waals surface area contributed by atoms with E-state index in [0.29, 0.717) is 43.3 Å². The second-order valence-electron chi connectivity index (χ2n) is 17.5. The highest BCUT2D eigenvalue weighted by Crippen LogP contribution is 2.33. The van der Waals surface area contributed by atoms with Gasteiger partial charge >= 0.3 is 11.9 Å². The van der Waals surface area contributed by atoms with E-state index in [2.05, 4.69) is 0 Å². The Morgan fingerprint density at radius 1 is 0.881 bits per heavy atom. The van der Waals surface area contributed by atoms with Crippen LogP contribution < -0.4 is 0 Å². The van der Waals surface area contributed by atoms with Crippen molar-refractivity contribution in [2.75, 3.05) is 27.9 Å². The van der Waals surface area contributed by atoms with Crippen LogP contribution in [0.2, 0.25) is 0 Å². The number of carbonyl (C=O) groups excluding carboxylic acids is 4. The van der Waals surface area contributed by atoms with E-state index in [9.17, 15) is 44.4 Å². The van der Waals surface area contributed by atoms with Gasteiger partial charge in [0.25, 0.3) is 11.7 Å². The van der Waals surface area contributed by atoms with Crippen LogP contribution in [0.1, 0.15) is 118 Å². The number of fused-ring (bicyclic) bond motifs is 1. The molecule has 0 aromatic heterocycles. The lowest BCUT2D eigenvalue weighted by Crippen LogP contribution is -2.58. The molecule has 1 saturated carbocycles. The number of carboxylic acid groups (broad SMARTS) is 1. The highest BCUT2D eigenvalue weighted by atomic mass is 16.5. The zero-order chi connectivity index (χ0) is 44.0. The predicted octanol–water partition coefficient (Wildman–Crippen LogP) is 5.11. The van der Waals surface area contributed by atoms with Crippen molar-refractivity contribution in [2.45, 2.75) is 160 Å². The Hall–Kier alpha value is -3.27. The number of carbonyl (C=O) groups is 5. The summed E-state index contributed by atoms with van der Waals surface area (Å²) in [4.78, 5) is 68.1. The van der Waals surface area contributed by atoms with Crippen molar-refractivity contribution in [2.24, 2.45) is 29.6 Å². The molecule has 1 amide bonds. The average Bonchev–Trinajstić information content (AvgIpc) is 3.20. The number of esters is 1. The van der Waals surface area contributed by atoms with Crippen molar-refractivity contribution in [1.82, 2.24) is 4.90 Å². The number of rotatable bonds is 8. The van der Waals surface area contributed by atoms with Crippen molar-refractivity contribution in [3.63, 3.8) is 0 Å². The molecule has 1 saturated heterocycles. The van der Waals surface area contributed by atoms with E-state index < -0.39 is 65.6 Å². The van der Waals surface area contributed by atoms with E-state index in [1.54, 1.807) is 28.1 Å². The third-order valence-corrected chi connectivity index (χ3v) is 12.6. The number of aliphatic hydroxyl groups excluding tert-OH is 1. The van der Waals surface area contributed by atoms with Crippen molar-refractivity contribution in [3.8, 4) is 0 Å². The first-order valence-corrected chi connectivity index (χ1v) is 21.4. The van der Waals surface area contributed by atoms with Crippen LogP contribution in [-0.2, 0) is 42.9 Å². The summed E-state index contributed by atoms with van der Waals surface area (Å²) in [5.41, 5.74) is 1.01. The Balaban J connectivity index is 2.10. The molecular formula is C45H71NO13. The van der Waals surface area contributed by atoms with Gasteiger partial charge in [0.05, 0.1) is 24.4 Å². The molecule has 334 valence electrons. The first kappa shape index (κ1) is 50.1. The van der Waals surface area contributed by atoms with E-state index in [1.807, 2.05) is 26.0 Å². The monoisotopic (exact) mass is 833 g/mol. The number of hydrogen-bond donors (Lipinski definition) is 4. The van der Waals surface area contributed by atoms with E-state index in [-0.39, 0.29) is 68.0 Å². The maximum Gasteiger partial charge on any atom is 0.329 e. The van der Waals surface area contributed by atoms with Gasteiger partial charge in [0.1, 0.15) is 12.1 Å². The average molecular weight is 834 g/mol. The molecule has 0 radical (unpaired) electrons. The number of carboxylic acids is 1. The van der Waals surface area contributed by atoms with Gasteiger partial charge in [-0.05, 0) is 106 Å². The number of ketones is 2. The number of cyclic esters (lactones) is 1. The maximum atomic E-state index is 14.2. The SMILES string of the molecule is COC1CCCC(C=C(C)C2OC(=O)C3CCCCN3C(=O)C(=O)C(O)(O)C(C)CC(OC)CC(OC)CC(C)CC(C)C=C(CC=CC(=O)O)C(=O)CC(O)C2C)C1. The summed E-state index contributed by atoms with van der Waals surface area (Å²) in [7, 11) is 4.72. The molecule has 2 heterocycles. The van der Waals surface area contributed by atoms with Crippen LogP contribution in [0.25, 0.3) is 0 Å². The van der Waals surface area contributed by atoms with Crippen LogP contribution in [0, 0.1) is 29.6 Å². The molecule has 0 bridgehead atoms. The summed E-state index contributed by atoms with van der Waals surface area (Å²) in [5.74, 6) is -9.94. The summed E-state index contributed by atoms with van der Waals surface area (Å²) in [6, 6.07) is -1.21. The Bertz CT molecular complexity index is 1520. The van der Waals surface area contributed by atoms with Gasteiger partial charge in [-0.3, -0.25) is 14.4 Å². The number of Topliss-reactive ketones (excluding diaryl/α,β-unsaturated/α-hetero) is 2. The summed E-state index contributed by atoms with van der Waals surface area (Å²) < 4.78 is 23.4. The van der Waals surface area contributed by atoms with Crippen LogP contribution in [0.3, 0.4) is 0 Å². The fourth-order valence-corrected chi connectivity index (χ4v) is 9.05. The smallest absolute Gasteiger partial charge is 0.329 e. The van der Waals surface area contributed by atoms with Crippen LogP contribution in [0.5, 0.6) is 0 Å². The maximum absolute atomic E-state index is 14.2. The Kier molecular flexibility index (Phi) is 20.1. The molecule has 2 aliphatic heterocycles. The molecule has 3 rings (SSSR count). The molecule has 3 aliphatic rings. The number of allylic oxidation sites excluding steroid dienone is 4. The predicted molar refractivity (Wildman–Crippen MR) is 220 cm³/mol. The van der Waals surface area contributed by atoms with Gasteiger partial charge in [0.2, 0.25) is 5.79 Å². The van der Waals surface area contributed by atoms with Gasteiger partial charge < -0.3 is 44.3 Å². The van der Waals surface area contributed by atoms with Crippen LogP contribution in [0.4, 0.5) is 0 Å². The minimum absolute atomic E-state index is 0.0103. The number of methoxy groups -OCH3 is 3. The minimum Gasteiger partial charge on any atom is -0.478 e. The van der Waals surface area contributed by atoms with Gasteiger partial charge in [-0.15, -0.1) is 0 Å². The second-order valence-corrected chi connectivity index (χ2v) is 17.5. The highest BCUT2D eigenvalue weighted by molar-refractivity contribution is 6.39. The molecule has 2 fully saturated rings. The number of aliphatic carboxylic acids is 1. The van der Waals surface area contributed by atoms with E-state index in [0.717, 1.165) is 36.7 Å². The van der Waals surface area contributed by atoms with E-state index in [4.69, 9.17) is 18.9 Å². The standard InChI is InChI=1S/C45H71NO13/c1-27-19-28(2)21-35(57-7)25-36(58-8)23-30(4)45(54,55)42(51)43(52)46-18-10-9-16-37(46)44(53)59-41(29(3)22-32-13-11-15-34(24-32)56-6)31(5)38(47)26-39(48)33(20-27)14-12-17-40(49)50/h12,17,20,22,27-28,30-32,34-38,41,47,54-55H,9-11,13-16,18-19,21,23-26H2,1-8H3,(H,49,50). The molecule has 0 aromatic carbocycles. The Morgan fingerprint density at radius 2 is 1.54 bits per heavy atom. The summed E-state index contributed by atoms with van der Waals surface area (Å²) in [5, 5.41) is 43.5. The summed E-state index contributed by atoms with van der Waals surface area (Å²) in [6.07, 6.45) is 9.10. The minimum atomic E-state index is -3.06. The quantitative estimate of drug-likeness (QED) is 0.0827. The fraction of sp³-hybridized carbons (Fsp3) is 0.756. The third kappa shape index (κ3) is 14.7. The van der Waals surface area contributed by atoms with Gasteiger partial charge in [-0.1, -0.05) is 52.3 Å². The van der Waals surface area contributed by atoms with Crippen LogP contribution in [0.15, 0.2) is 35.5 Å². The summed E-state index contributed by atoms with van der Waals surface area (Å²) in [6.45, 7) is 8.97. The number of ether oxygens (including phenoxy) is 4. The number of piperidine rings is 1. The zero-order valence-electron chi connectivity index (χ0n) is 36.5. The number of aliphatic hydroxyl groups is 3. The van der Waals surface area contributed by atoms with Gasteiger partial charge in [0.15, 0.2) is 5.78 Å². The molecule has 11 atom stereocenters. The Morgan fingerprint density at radius 3 is 2.19 bits per heavy atom. The topological polar surface area (TPSA) is 206 Å². The van der Waals surface area contributed by atoms with E-state index in [1.165, 1.54) is 20.1 Å². The second kappa shape index (κ2) is 23.7. The van der Waals surface area contributed by atoms with Gasteiger partial charge in [-0.25, -0.2) is 9.59 Å². The third-order valence-electron chi connectivity index (χ3n) is 12.6. The number of hydrogen-bond acceptors (Lipinski definition) is 12.